The van der Waals surface area contributed by atoms with E-state index in [0.29, 0.717) is 0 Å². The van der Waals surface area contributed by atoms with Crippen LogP contribution in [0.3, 0.4) is 0 Å². The number of benzene rings is 3. The molecule has 30 heavy (non-hydrogen) atoms. The van der Waals surface area contributed by atoms with Crippen molar-refractivity contribution in [2.45, 2.75) is 26.2 Å². The lowest BCUT2D eigenvalue weighted by Gasteiger charge is -2.19. The minimum absolute atomic E-state index is 0.104. The molecule has 3 aromatic carbocycles. The second kappa shape index (κ2) is 6.02. The topological polar surface area (TPSA) is 32.8 Å². The highest BCUT2D eigenvalue weighted by Gasteiger charge is 2.22. The fourth-order valence-corrected chi connectivity index (χ4v) is 4.73. The van der Waals surface area contributed by atoms with E-state index in [-0.39, 0.29) is 5.41 Å². The van der Waals surface area contributed by atoms with Gasteiger partial charge in [-0.2, -0.15) is 0 Å². The Hall–Kier alpha value is -3.46. The summed E-state index contributed by atoms with van der Waals surface area (Å²) in [5.74, 6) is 1.12. The minimum Gasteiger partial charge on any atom is -0.368 e. The third-order valence-corrected chi connectivity index (χ3v) is 6.29. The van der Waals surface area contributed by atoms with Gasteiger partial charge in [0.2, 0.25) is 0 Å². The first-order valence-electron chi connectivity index (χ1n) is 10.6. The van der Waals surface area contributed by atoms with Crippen LogP contribution in [-0.2, 0) is 5.41 Å². The molecule has 6 rings (SSSR count). The summed E-state index contributed by atoms with van der Waals surface area (Å²) in [5, 5.41) is 8.66. The van der Waals surface area contributed by atoms with Gasteiger partial charge in [0, 0.05) is 28.2 Å². The smallest absolute Gasteiger partial charge is 0.111 e. The molecule has 0 radical (unpaired) electrons. The number of dihydropyridines is 1. The molecular formula is C27H25N3. The molecule has 0 bridgehead atoms. The van der Waals surface area contributed by atoms with Crippen molar-refractivity contribution >= 4 is 49.4 Å². The molecule has 1 aliphatic rings. The largest absolute Gasteiger partial charge is 0.368 e. The van der Waals surface area contributed by atoms with Gasteiger partial charge in [-0.3, -0.25) is 4.57 Å². The second-order valence-electron chi connectivity index (χ2n) is 9.24. The zero-order valence-corrected chi connectivity index (χ0v) is 17.6. The summed E-state index contributed by atoms with van der Waals surface area (Å²) in [6.07, 6.45) is 6.47. The molecule has 0 atom stereocenters. The van der Waals surface area contributed by atoms with Gasteiger partial charge in [-0.1, -0.05) is 75.4 Å². The number of hydrogen-bond acceptors (Lipinski definition) is 1. The quantitative estimate of drug-likeness (QED) is 0.328. The number of nitrogens with one attached hydrogen (secondary N) is 2. The Morgan fingerprint density at radius 3 is 2.53 bits per heavy atom. The molecule has 0 saturated carbocycles. The molecule has 148 valence electrons. The molecule has 0 spiro atoms. The molecule has 2 aromatic heterocycles. The number of aromatic amines is 1. The average molecular weight is 392 g/mol. The number of H-pyrrole nitrogens is 1. The number of rotatable bonds is 1. The maximum atomic E-state index is 3.73. The summed E-state index contributed by atoms with van der Waals surface area (Å²) < 4.78 is 2.42. The van der Waals surface area contributed by atoms with Crippen molar-refractivity contribution in [1.82, 2.24) is 14.9 Å². The number of nitrogens with zero attached hydrogens (tertiary/aromatic N) is 1. The van der Waals surface area contributed by atoms with Crippen molar-refractivity contribution in [2.24, 2.45) is 0 Å². The number of hydrogen-bond donors (Lipinski definition) is 2. The van der Waals surface area contributed by atoms with Crippen LogP contribution in [0.15, 0.2) is 72.8 Å². The summed E-state index contributed by atoms with van der Waals surface area (Å²) in [6.45, 7) is 7.67. The molecule has 2 N–H and O–H groups in total. The van der Waals surface area contributed by atoms with Crippen molar-refractivity contribution < 1.29 is 0 Å². The van der Waals surface area contributed by atoms with Gasteiger partial charge in [-0.25, -0.2) is 0 Å². The molecule has 3 heterocycles. The average Bonchev–Trinajstić information content (AvgIpc) is 3.28. The van der Waals surface area contributed by atoms with E-state index in [4.69, 9.17) is 0 Å². The van der Waals surface area contributed by atoms with E-state index in [9.17, 15) is 0 Å². The van der Waals surface area contributed by atoms with E-state index in [1.165, 1.54) is 49.2 Å². The van der Waals surface area contributed by atoms with Gasteiger partial charge in [-0.05, 0) is 34.6 Å². The monoisotopic (exact) mass is 391 g/mol. The third-order valence-electron chi connectivity index (χ3n) is 6.29. The van der Waals surface area contributed by atoms with Gasteiger partial charge in [0.15, 0.2) is 0 Å². The molecule has 0 unspecified atom stereocenters. The van der Waals surface area contributed by atoms with Crippen LogP contribution in [0.25, 0.3) is 49.4 Å². The number of aromatic nitrogens is 2. The Balaban J connectivity index is 1.85. The molecule has 0 amide bonds. The van der Waals surface area contributed by atoms with Gasteiger partial charge in [0.05, 0.1) is 16.6 Å². The van der Waals surface area contributed by atoms with Gasteiger partial charge in [-0.15, -0.1) is 0 Å². The van der Waals surface area contributed by atoms with E-state index in [2.05, 4.69) is 108 Å². The van der Waals surface area contributed by atoms with E-state index < -0.39 is 0 Å². The maximum absolute atomic E-state index is 3.73. The molecular weight excluding hydrogens is 366 g/mol. The molecule has 3 nitrogen and oxygen atoms in total. The fraction of sp³-hybridized carbons (Fsp3) is 0.185. The van der Waals surface area contributed by atoms with E-state index >= 15 is 0 Å². The first kappa shape index (κ1) is 17.4. The normalized spacial score (nSPS) is 14.7. The number of allylic oxidation sites excluding steroid dienone is 2. The van der Waals surface area contributed by atoms with Crippen LogP contribution in [0, 0.1) is 0 Å². The minimum atomic E-state index is 0.104. The van der Waals surface area contributed by atoms with E-state index in [0.717, 1.165) is 12.4 Å². The number of fused-ring (bicyclic) bond motifs is 7. The van der Waals surface area contributed by atoms with Crippen LogP contribution < -0.4 is 5.32 Å². The van der Waals surface area contributed by atoms with Crippen LogP contribution in [0.5, 0.6) is 0 Å². The summed E-state index contributed by atoms with van der Waals surface area (Å²) >= 11 is 0. The molecule has 3 heteroatoms. The van der Waals surface area contributed by atoms with Crippen LogP contribution in [-0.4, -0.2) is 16.1 Å². The summed E-state index contributed by atoms with van der Waals surface area (Å²) in [6, 6.07) is 20.0. The van der Waals surface area contributed by atoms with Gasteiger partial charge in [0.25, 0.3) is 0 Å². The first-order valence-corrected chi connectivity index (χ1v) is 10.6. The van der Waals surface area contributed by atoms with Crippen molar-refractivity contribution in [3.8, 4) is 0 Å². The standard InChI is InChI=1S/C27H25N3/c1-27(2,3)18-12-14-22-21(16-18)26-24(29-22)20-13-11-17-8-4-5-9-19(17)25(20)30(26)23-10-6-7-15-28-23/h4-14,16,28-29H,15H2,1-3H3. The van der Waals surface area contributed by atoms with Crippen molar-refractivity contribution in [3.05, 3.63) is 78.4 Å². The van der Waals surface area contributed by atoms with Crippen LogP contribution in [0.1, 0.15) is 26.3 Å². The maximum Gasteiger partial charge on any atom is 0.111 e. The lowest BCUT2D eigenvalue weighted by Crippen LogP contribution is -2.19. The molecule has 1 aliphatic heterocycles. The van der Waals surface area contributed by atoms with Crippen molar-refractivity contribution in [2.75, 3.05) is 6.54 Å². The molecule has 0 saturated heterocycles. The zero-order valence-electron chi connectivity index (χ0n) is 17.6. The highest BCUT2D eigenvalue weighted by molar-refractivity contribution is 6.24. The third kappa shape index (κ3) is 2.38. The summed E-state index contributed by atoms with van der Waals surface area (Å²) in [5.41, 5.74) is 6.34. The molecule has 5 aromatic rings. The van der Waals surface area contributed by atoms with Gasteiger partial charge < -0.3 is 10.3 Å². The molecule has 0 aliphatic carbocycles. The lowest BCUT2D eigenvalue weighted by molar-refractivity contribution is 0.591. The predicted octanol–water partition coefficient (Wildman–Crippen LogP) is 6.68. The summed E-state index contributed by atoms with van der Waals surface area (Å²) in [7, 11) is 0. The Bertz CT molecular complexity index is 1520. The SMILES string of the molecule is CC(C)(C)c1ccc2[nH]c3c4ccc5ccccc5c4n(C4=CC=CCN4)c3c2c1. The predicted molar refractivity (Wildman–Crippen MR) is 129 cm³/mol. The lowest BCUT2D eigenvalue weighted by atomic mass is 9.86. The Labute approximate surface area is 175 Å². The summed E-state index contributed by atoms with van der Waals surface area (Å²) in [4.78, 5) is 3.73. The van der Waals surface area contributed by atoms with Crippen LogP contribution in [0.2, 0.25) is 0 Å². The van der Waals surface area contributed by atoms with Crippen LogP contribution >= 0.6 is 0 Å². The second-order valence-corrected chi connectivity index (χ2v) is 9.24. The fourth-order valence-electron chi connectivity index (χ4n) is 4.73. The van der Waals surface area contributed by atoms with Crippen molar-refractivity contribution in [1.29, 1.82) is 0 Å². The Morgan fingerprint density at radius 2 is 1.73 bits per heavy atom. The highest BCUT2D eigenvalue weighted by atomic mass is 15.2. The first-order chi connectivity index (χ1) is 14.5. The zero-order chi connectivity index (χ0) is 20.5. The van der Waals surface area contributed by atoms with E-state index in [1.807, 2.05) is 0 Å². The van der Waals surface area contributed by atoms with Crippen molar-refractivity contribution in [3.63, 3.8) is 0 Å². The van der Waals surface area contributed by atoms with Crippen LogP contribution in [0.4, 0.5) is 0 Å². The van der Waals surface area contributed by atoms with E-state index in [1.54, 1.807) is 0 Å². The Kier molecular flexibility index (Phi) is 3.49. The Morgan fingerprint density at radius 1 is 0.867 bits per heavy atom. The highest BCUT2D eigenvalue weighted by Crippen LogP contribution is 2.40. The molecule has 0 fully saturated rings. The van der Waals surface area contributed by atoms with Gasteiger partial charge in [0.1, 0.15) is 5.82 Å². The van der Waals surface area contributed by atoms with Gasteiger partial charge >= 0.3 is 0 Å².